The fourth-order valence-corrected chi connectivity index (χ4v) is 2.68. The molecular weight excluding hydrogens is 322 g/mol. The second-order valence-corrected chi connectivity index (χ2v) is 6.71. The summed E-state index contributed by atoms with van der Waals surface area (Å²) in [5.41, 5.74) is 2.14. The molecule has 0 saturated heterocycles. The Morgan fingerprint density at radius 2 is 1.71 bits per heavy atom. The topological polar surface area (TPSA) is 29.5 Å². The quantitative estimate of drug-likeness (QED) is 0.746. The van der Waals surface area contributed by atoms with Gasteiger partial charge in [-0.2, -0.15) is 0 Å². The number of para-hydroxylation sites is 1. The van der Waals surface area contributed by atoms with Crippen LogP contribution in [0.3, 0.4) is 0 Å². The highest BCUT2D eigenvalue weighted by Crippen LogP contribution is 2.27. The van der Waals surface area contributed by atoms with Crippen molar-refractivity contribution >= 4 is 17.5 Å². The van der Waals surface area contributed by atoms with Gasteiger partial charge in [-0.3, -0.25) is 4.79 Å². The summed E-state index contributed by atoms with van der Waals surface area (Å²) in [4.78, 5) is 14.2. The van der Waals surface area contributed by atoms with Gasteiger partial charge in [0.05, 0.1) is 0 Å². The highest BCUT2D eigenvalue weighted by atomic mass is 35.5. The summed E-state index contributed by atoms with van der Waals surface area (Å²) >= 11 is 5.89. The predicted molar refractivity (Wildman–Crippen MR) is 98.5 cm³/mol. The van der Waals surface area contributed by atoms with E-state index in [1.165, 1.54) is 0 Å². The molecule has 0 aliphatic rings. The first-order valence-corrected chi connectivity index (χ1v) is 8.51. The molecule has 0 saturated carbocycles. The van der Waals surface area contributed by atoms with Crippen LogP contribution in [0.2, 0.25) is 5.02 Å². The van der Waals surface area contributed by atoms with E-state index >= 15 is 0 Å². The fraction of sp³-hybridized carbons (Fsp3) is 0.350. The molecule has 0 bridgehead atoms. The van der Waals surface area contributed by atoms with Gasteiger partial charge in [0, 0.05) is 18.6 Å². The Hall–Kier alpha value is -2.00. The zero-order valence-corrected chi connectivity index (χ0v) is 15.4. The molecule has 0 spiro atoms. The monoisotopic (exact) mass is 345 g/mol. The molecule has 0 heterocycles. The van der Waals surface area contributed by atoms with Crippen LogP contribution >= 0.6 is 11.6 Å². The van der Waals surface area contributed by atoms with E-state index in [-0.39, 0.29) is 5.91 Å². The number of benzene rings is 2. The second kappa shape index (κ2) is 8.20. The van der Waals surface area contributed by atoms with Crippen molar-refractivity contribution in [1.29, 1.82) is 0 Å². The van der Waals surface area contributed by atoms with Crippen molar-refractivity contribution in [3.05, 3.63) is 64.7 Å². The van der Waals surface area contributed by atoms with Crippen LogP contribution in [0.5, 0.6) is 5.75 Å². The molecule has 0 aliphatic carbocycles. The molecule has 3 nitrogen and oxygen atoms in total. The van der Waals surface area contributed by atoms with E-state index in [0.717, 1.165) is 16.9 Å². The van der Waals surface area contributed by atoms with Crippen LogP contribution in [-0.4, -0.2) is 24.0 Å². The van der Waals surface area contributed by atoms with Gasteiger partial charge < -0.3 is 9.64 Å². The maximum absolute atomic E-state index is 12.6. The minimum Gasteiger partial charge on any atom is -0.481 e. The van der Waals surface area contributed by atoms with Crippen molar-refractivity contribution in [3.63, 3.8) is 0 Å². The van der Waals surface area contributed by atoms with Crippen LogP contribution in [-0.2, 0) is 11.3 Å². The molecule has 2 aromatic carbocycles. The summed E-state index contributed by atoms with van der Waals surface area (Å²) in [6, 6.07) is 15.4. The number of hydrogen-bond donors (Lipinski definition) is 0. The van der Waals surface area contributed by atoms with E-state index in [1.54, 1.807) is 18.9 Å². The SMILES string of the molecule is CC(C)c1ccccc1O[C@@H](C)C(=O)N(C)Cc1ccc(Cl)cc1. The summed E-state index contributed by atoms with van der Waals surface area (Å²) < 4.78 is 5.93. The Kier molecular flexibility index (Phi) is 6.27. The highest BCUT2D eigenvalue weighted by molar-refractivity contribution is 6.30. The predicted octanol–water partition coefficient (Wildman–Crippen LogP) is 4.89. The summed E-state index contributed by atoms with van der Waals surface area (Å²) in [5.74, 6) is 1.06. The molecule has 128 valence electrons. The average Bonchev–Trinajstić information content (AvgIpc) is 2.56. The number of likely N-dealkylation sites (N-methyl/N-ethyl adjacent to an activating group) is 1. The third-order valence-corrected chi connectivity index (χ3v) is 4.15. The van der Waals surface area contributed by atoms with E-state index in [1.807, 2.05) is 48.5 Å². The number of nitrogens with zero attached hydrogens (tertiary/aromatic N) is 1. The number of carbonyl (C=O) groups is 1. The lowest BCUT2D eigenvalue weighted by atomic mass is 10.0. The molecule has 2 aromatic rings. The average molecular weight is 346 g/mol. The van der Waals surface area contributed by atoms with Gasteiger partial charge >= 0.3 is 0 Å². The van der Waals surface area contributed by atoms with E-state index in [2.05, 4.69) is 13.8 Å². The Bertz CT molecular complexity index is 682. The molecule has 4 heteroatoms. The molecule has 2 rings (SSSR count). The van der Waals surface area contributed by atoms with Crippen molar-refractivity contribution in [2.45, 2.75) is 39.3 Å². The van der Waals surface area contributed by atoms with E-state index in [0.29, 0.717) is 17.5 Å². The first-order chi connectivity index (χ1) is 11.4. The first kappa shape index (κ1) is 18.3. The van der Waals surface area contributed by atoms with Gasteiger partial charge in [-0.05, 0) is 42.2 Å². The number of halogens is 1. The van der Waals surface area contributed by atoms with Crippen LogP contribution in [0.4, 0.5) is 0 Å². The fourth-order valence-electron chi connectivity index (χ4n) is 2.56. The maximum atomic E-state index is 12.6. The summed E-state index contributed by atoms with van der Waals surface area (Å²) in [7, 11) is 1.78. The summed E-state index contributed by atoms with van der Waals surface area (Å²) in [6.07, 6.45) is -0.540. The number of amides is 1. The Labute approximate surface area is 149 Å². The third-order valence-electron chi connectivity index (χ3n) is 3.90. The van der Waals surface area contributed by atoms with Gasteiger partial charge in [0.2, 0.25) is 0 Å². The molecule has 0 fully saturated rings. The standard InChI is InChI=1S/C20H24ClNO2/c1-14(2)18-7-5-6-8-19(18)24-15(3)20(23)22(4)13-16-9-11-17(21)12-10-16/h5-12,14-15H,13H2,1-4H3/t15-/m0/s1. The number of ether oxygens (including phenoxy) is 1. The zero-order chi connectivity index (χ0) is 17.7. The first-order valence-electron chi connectivity index (χ1n) is 8.13. The zero-order valence-electron chi connectivity index (χ0n) is 14.6. The van der Waals surface area contributed by atoms with Crippen LogP contribution in [0.1, 0.15) is 37.8 Å². The summed E-state index contributed by atoms with van der Waals surface area (Å²) in [6.45, 7) is 6.54. The molecule has 24 heavy (non-hydrogen) atoms. The highest BCUT2D eigenvalue weighted by Gasteiger charge is 2.20. The van der Waals surface area contributed by atoms with Crippen molar-refractivity contribution in [2.24, 2.45) is 0 Å². The Morgan fingerprint density at radius 3 is 2.33 bits per heavy atom. The molecular formula is C20H24ClNO2. The van der Waals surface area contributed by atoms with Gasteiger partial charge in [-0.1, -0.05) is 55.8 Å². The molecule has 1 atom stereocenters. The van der Waals surface area contributed by atoms with E-state index < -0.39 is 6.10 Å². The van der Waals surface area contributed by atoms with Crippen molar-refractivity contribution in [2.75, 3.05) is 7.05 Å². The molecule has 0 aromatic heterocycles. The Balaban J connectivity index is 2.02. The molecule has 0 aliphatic heterocycles. The molecule has 0 unspecified atom stereocenters. The number of rotatable bonds is 6. The maximum Gasteiger partial charge on any atom is 0.263 e. The van der Waals surface area contributed by atoms with Gasteiger partial charge in [0.1, 0.15) is 5.75 Å². The molecule has 1 amide bonds. The lowest BCUT2D eigenvalue weighted by Gasteiger charge is -2.23. The van der Waals surface area contributed by atoms with E-state index in [4.69, 9.17) is 16.3 Å². The van der Waals surface area contributed by atoms with Crippen molar-refractivity contribution in [1.82, 2.24) is 4.90 Å². The normalized spacial score (nSPS) is 12.1. The van der Waals surface area contributed by atoms with Crippen LogP contribution < -0.4 is 4.74 Å². The number of hydrogen-bond acceptors (Lipinski definition) is 2. The van der Waals surface area contributed by atoms with Gasteiger partial charge in [-0.15, -0.1) is 0 Å². The molecule has 0 radical (unpaired) electrons. The van der Waals surface area contributed by atoms with Crippen LogP contribution in [0.15, 0.2) is 48.5 Å². The summed E-state index contributed by atoms with van der Waals surface area (Å²) in [5, 5.41) is 0.690. The van der Waals surface area contributed by atoms with Crippen LogP contribution in [0.25, 0.3) is 0 Å². The van der Waals surface area contributed by atoms with Crippen molar-refractivity contribution in [3.8, 4) is 5.75 Å². The minimum absolute atomic E-state index is 0.0523. The van der Waals surface area contributed by atoms with Gasteiger partial charge in [-0.25, -0.2) is 0 Å². The lowest BCUT2D eigenvalue weighted by molar-refractivity contribution is -0.137. The largest absolute Gasteiger partial charge is 0.481 e. The van der Waals surface area contributed by atoms with Gasteiger partial charge in [0.25, 0.3) is 5.91 Å². The minimum atomic E-state index is -0.540. The van der Waals surface area contributed by atoms with Crippen LogP contribution in [0, 0.1) is 0 Å². The number of carbonyl (C=O) groups excluding carboxylic acids is 1. The Morgan fingerprint density at radius 1 is 1.08 bits per heavy atom. The lowest BCUT2D eigenvalue weighted by Crippen LogP contribution is -2.37. The third kappa shape index (κ3) is 4.75. The smallest absolute Gasteiger partial charge is 0.263 e. The van der Waals surface area contributed by atoms with Crippen molar-refractivity contribution < 1.29 is 9.53 Å². The van der Waals surface area contributed by atoms with E-state index in [9.17, 15) is 4.79 Å². The second-order valence-electron chi connectivity index (χ2n) is 6.27. The molecule has 0 N–H and O–H groups in total. The van der Waals surface area contributed by atoms with Gasteiger partial charge in [0.15, 0.2) is 6.10 Å².